The van der Waals surface area contributed by atoms with Gasteiger partial charge in [0.05, 0.1) is 24.5 Å². The van der Waals surface area contributed by atoms with Crippen LogP contribution in [0, 0.1) is 10.1 Å². The molecule has 92 valence electrons. The molecule has 0 spiro atoms. The van der Waals surface area contributed by atoms with E-state index in [1.54, 1.807) is 0 Å². The predicted molar refractivity (Wildman–Crippen MR) is 63.6 cm³/mol. The van der Waals surface area contributed by atoms with Crippen molar-refractivity contribution in [3.63, 3.8) is 0 Å². The molecule has 0 unspecified atom stereocenters. The minimum absolute atomic E-state index is 0.178. The minimum atomic E-state index is -1.05. The van der Waals surface area contributed by atoms with E-state index in [-0.39, 0.29) is 12.1 Å². The van der Waals surface area contributed by atoms with Crippen molar-refractivity contribution in [2.24, 2.45) is 0 Å². The molecule has 1 rings (SSSR count). The standard InChI is InChI=1S/C10H10BrNO5/c1-17-9-4-7(12(15)16)2-6(3-10(13)14)8(9)5-11/h2,4H,3,5H2,1H3,(H,13,14). The largest absolute Gasteiger partial charge is 0.496 e. The molecule has 0 aromatic heterocycles. The predicted octanol–water partition coefficient (Wildman–Crippen LogP) is 2.13. The second-order valence-electron chi connectivity index (χ2n) is 3.25. The third kappa shape index (κ3) is 3.16. The first kappa shape index (κ1) is 13.4. The number of alkyl halides is 1. The van der Waals surface area contributed by atoms with Crippen molar-refractivity contribution >= 4 is 27.6 Å². The number of nitro benzene ring substituents is 1. The van der Waals surface area contributed by atoms with E-state index in [2.05, 4.69) is 15.9 Å². The number of aliphatic carboxylic acids is 1. The van der Waals surface area contributed by atoms with Gasteiger partial charge in [-0.25, -0.2) is 0 Å². The van der Waals surface area contributed by atoms with Gasteiger partial charge < -0.3 is 9.84 Å². The van der Waals surface area contributed by atoms with Crippen molar-refractivity contribution in [1.82, 2.24) is 0 Å². The van der Waals surface area contributed by atoms with Crippen LogP contribution < -0.4 is 4.74 Å². The van der Waals surface area contributed by atoms with Crippen LogP contribution in [-0.4, -0.2) is 23.1 Å². The topological polar surface area (TPSA) is 89.7 Å². The zero-order valence-corrected chi connectivity index (χ0v) is 10.6. The lowest BCUT2D eigenvalue weighted by atomic mass is 10.0. The first-order chi connectivity index (χ1) is 7.99. The molecule has 6 nitrogen and oxygen atoms in total. The van der Waals surface area contributed by atoms with Crippen LogP contribution >= 0.6 is 15.9 Å². The third-order valence-corrected chi connectivity index (χ3v) is 2.75. The first-order valence-corrected chi connectivity index (χ1v) is 5.73. The molecule has 0 radical (unpaired) electrons. The molecule has 0 bridgehead atoms. The fraction of sp³-hybridized carbons (Fsp3) is 0.300. The van der Waals surface area contributed by atoms with E-state index in [0.717, 1.165) is 0 Å². The molecule has 7 heteroatoms. The van der Waals surface area contributed by atoms with Gasteiger partial charge in [0.2, 0.25) is 0 Å². The van der Waals surface area contributed by atoms with Crippen molar-refractivity contribution in [2.75, 3.05) is 7.11 Å². The second kappa shape index (κ2) is 5.62. The molecule has 17 heavy (non-hydrogen) atoms. The van der Waals surface area contributed by atoms with Crippen LogP contribution in [0.25, 0.3) is 0 Å². The Bertz CT molecular complexity index is 460. The maximum Gasteiger partial charge on any atom is 0.307 e. The number of hydrogen-bond donors (Lipinski definition) is 1. The van der Waals surface area contributed by atoms with Crippen LogP contribution in [0.15, 0.2) is 12.1 Å². The van der Waals surface area contributed by atoms with Crippen LogP contribution in [0.3, 0.4) is 0 Å². The monoisotopic (exact) mass is 303 g/mol. The average Bonchev–Trinajstić information content (AvgIpc) is 2.26. The summed E-state index contributed by atoms with van der Waals surface area (Å²) in [5.74, 6) is -0.734. The maximum absolute atomic E-state index is 10.7. The van der Waals surface area contributed by atoms with E-state index < -0.39 is 10.9 Å². The summed E-state index contributed by atoms with van der Waals surface area (Å²) in [4.78, 5) is 20.8. The molecule has 0 heterocycles. The number of methoxy groups -OCH3 is 1. The van der Waals surface area contributed by atoms with Crippen LogP contribution in [-0.2, 0) is 16.5 Å². The van der Waals surface area contributed by atoms with Gasteiger partial charge in [0, 0.05) is 17.0 Å². The second-order valence-corrected chi connectivity index (χ2v) is 3.81. The van der Waals surface area contributed by atoms with Gasteiger partial charge in [0.15, 0.2) is 0 Å². The van der Waals surface area contributed by atoms with Crippen molar-refractivity contribution in [3.05, 3.63) is 33.4 Å². The molecule has 1 aromatic carbocycles. The van der Waals surface area contributed by atoms with Gasteiger partial charge in [0.1, 0.15) is 5.75 Å². The van der Waals surface area contributed by atoms with Crippen LogP contribution in [0.1, 0.15) is 11.1 Å². The average molecular weight is 304 g/mol. The summed E-state index contributed by atoms with van der Waals surface area (Å²) in [5, 5.41) is 19.8. The number of benzene rings is 1. The summed E-state index contributed by atoms with van der Waals surface area (Å²) < 4.78 is 5.02. The molecule has 0 saturated carbocycles. The van der Waals surface area contributed by atoms with E-state index in [4.69, 9.17) is 9.84 Å². The molecule has 0 saturated heterocycles. The minimum Gasteiger partial charge on any atom is -0.496 e. The van der Waals surface area contributed by atoms with Gasteiger partial charge in [-0.15, -0.1) is 0 Å². The van der Waals surface area contributed by atoms with E-state index in [1.807, 2.05) is 0 Å². The molecule has 1 aromatic rings. The zero-order chi connectivity index (χ0) is 13.0. The van der Waals surface area contributed by atoms with E-state index in [1.165, 1.54) is 19.2 Å². The van der Waals surface area contributed by atoms with Gasteiger partial charge >= 0.3 is 5.97 Å². The summed E-state index contributed by atoms with van der Waals surface area (Å²) in [6.45, 7) is 0. The smallest absolute Gasteiger partial charge is 0.307 e. The van der Waals surface area contributed by atoms with Crippen molar-refractivity contribution in [1.29, 1.82) is 0 Å². The quantitative estimate of drug-likeness (QED) is 0.511. The Balaban J connectivity index is 3.36. The number of hydrogen-bond acceptors (Lipinski definition) is 4. The first-order valence-electron chi connectivity index (χ1n) is 4.61. The Morgan fingerprint density at radius 2 is 2.24 bits per heavy atom. The molecule has 1 N–H and O–H groups in total. The Kier molecular flexibility index (Phi) is 4.45. The third-order valence-electron chi connectivity index (χ3n) is 2.19. The molecular weight excluding hydrogens is 294 g/mol. The Hall–Kier alpha value is -1.63. The molecule has 0 fully saturated rings. The summed E-state index contributed by atoms with van der Waals surface area (Å²) >= 11 is 3.21. The molecule has 0 atom stereocenters. The maximum atomic E-state index is 10.7. The number of non-ortho nitro benzene ring substituents is 1. The van der Waals surface area contributed by atoms with E-state index in [9.17, 15) is 14.9 Å². The van der Waals surface area contributed by atoms with Crippen LogP contribution in [0.4, 0.5) is 5.69 Å². The molecule has 0 amide bonds. The molecule has 0 aliphatic heterocycles. The summed E-state index contributed by atoms with van der Waals surface area (Å²) in [5.41, 5.74) is 0.809. The summed E-state index contributed by atoms with van der Waals surface area (Å²) in [6, 6.07) is 2.54. The van der Waals surface area contributed by atoms with Gasteiger partial charge in [-0.05, 0) is 5.56 Å². The van der Waals surface area contributed by atoms with Crippen molar-refractivity contribution in [3.8, 4) is 5.75 Å². The van der Waals surface area contributed by atoms with Gasteiger partial charge in [-0.1, -0.05) is 15.9 Å². The van der Waals surface area contributed by atoms with E-state index in [0.29, 0.717) is 22.2 Å². The van der Waals surface area contributed by atoms with Crippen molar-refractivity contribution in [2.45, 2.75) is 11.8 Å². The van der Waals surface area contributed by atoms with Gasteiger partial charge in [-0.2, -0.15) is 0 Å². The summed E-state index contributed by atoms with van der Waals surface area (Å²) in [6.07, 6.45) is -0.279. The molecular formula is C10H10BrNO5. The highest BCUT2D eigenvalue weighted by Crippen LogP contribution is 2.30. The Labute approximate surface area is 105 Å². The van der Waals surface area contributed by atoms with Gasteiger partial charge in [-0.3, -0.25) is 14.9 Å². The highest BCUT2D eigenvalue weighted by molar-refractivity contribution is 9.08. The highest BCUT2D eigenvalue weighted by Gasteiger charge is 2.18. The fourth-order valence-corrected chi connectivity index (χ4v) is 2.08. The number of carboxylic acid groups (broad SMARTS) is 1. The van der Waals surface area contributed by atoms with Crippen LogP contribution in [0.2, 0.25) is 0 Å². The van der Waals surface area contributed by atoms with E-state index >= 15 is 0 Å². The lowest BCUT2D eigenvalue weighted by Crippen LogP contribution is -2.05. The number of nitro groups is 1. The number of ether oxygens (including phenoxy) is 1. The zero-order valence-electron chi connectivity index (χ0n) is 8.97. The Morgan fingerprint density at radius 1 is 1.59 bits per heavy atom. The number of halogens is 1. The van der Waals surface area contributed by atoms with Crippen LogP contribution in [0.5, 0.6) is 5.75 Å². The number of rotatable bonds is 5. The fourth-order valence-electron chi connectivity index (χ4n) is 1.45. The molecule has 0 aliphatic rings. The van der Waals surface area contributed by atoms with Crippen molar-refractivity contribution < 1.29 is 19.6 Å². The highest BCUT2D eigenvalue weighted by atomic mass is 79.9. The number of nitrogens with zero attached hydrogens (tertiary/aromatic N) is 1. The number of carbonyl (C=O) groups is 1. The molecule has 0 aliphatic carbocycles. The number of carboxylic acids is 1. The Morgan fingerprint density at radius 3 is 2.65 bits per heavy atom. The summed E-state index contributed by atoms with van der Waals surface area (Å²) in [7, 11) is 1.38. The lowest BCUT2D eigenvalue weighted by molar-refractivity contribution is -0.385. The van der Waals surface area contributed by atoms with Gasteiger partial charge in [0.25, 0.3) is 5.69 Å². The lowest BCUT2D eigenvalue weighted by Gasteiger charge is -2.10. The normalized spacial score (nSPS) is 10.0. The SMILES string of the molecule is COc1cc([N+](=O)[O-])cc(CC(=O)O)c1CBr.